The predicted molar refractivity (Wildman–Crippen MR) is 137 cm³/mol. The minimum absolute atomic E-state index is 0.184. The number of carbonyl (C=O) groups is 2. The molecule has 0 radical (unpaired) electrons. The number of fused-ring (bicyclic) bond motifs is 1. The van der Waals surface area contributed by atoms with E-state index in [1.165, 1.54) is 12.1 Å². The number of hydrogen-bond donors (Lipinski definition) is 1. The fourth-order valence-electron chi connectivity index (χ4n) is 4.82. The van der Waals surface area contributed by atoms with Crippen molar-refractivity contribution < 1.29 is 28.2 Å². The van der Waals surface area contributed by atoms with Crippen LogP contribution in [0, 0.1) is 5.82 Å². The van der Waals surface area contributed by atoms with Gasteiger partial charge < -0.3 is 24.4 Å². The van der Waals surface area contributed by atoms with Crippen molar-refractivity contribution in [2.45, 2.75) is 18.4 Å². The molecule has 0 spiro atoms. The summed E-state index contributed by atoms with van der Waals surface area (Å²) in [6.45, 7) is 0.982. The lowest BCUT2D eigenvalue weighted by atomic mass is 9.79. The maximum Gasteiger partial charge on any atom is 0.254 e. The van der Waals surface area contributed by atoms with E-state index < -0.39 is 12.0 Å². The first-order chi connectivity index (χ1) is 18.0. The summed E-state index contributed by atoms with van der Waals surface area (Å²) in [5, 5.41) is 3.06. The van der Waals surface area contributed by atoms with Crippen molar-refractivity contribution in [1.29, 1.82) is 0 Å². The van der Waals surface area contributed by atoms with Crippen LogP contribution < -0.4 is 14.8 Å². The van der Waals surface area contributed by atoms with Crippen molar-refractivity contribution in [1.82, 2.24) is 10.2 Å². The monoisotopic (exact) mass is 506 g/mol. The molecule has 8 heteroatoms. The standard InChI is InChI=1S/C29H31FN2O5/c1-35-17-16-32-27(20-9-11-21(30)12-10-20)26(22-6-4-5-7-23(22)29(32)34)28(33)31-15-14-19-8-13-24(36-2)25(18-19)37-3/h4-13,18,26-27H,14-17H2,1-3H3,(H,31,33)/t26-,27+/m0/s1. The zero-order chi connectivity index (χ0) is 26.4. The van der Waals surface area contributed by atoms with E-state index in [0.717, 1.165) is 5.56 Å². The Kier molecular flexibility index (Phi) is 8.40. The number of amides is 2. The molecule has 2 atom stereocenters. The van der Waals surface area contributed by atoms with Gasteiger partial charge in [-0.3, -0.25) is 9.59 Å². The zero-order valence-electron chi connectivity index (χ0n) is 21.2. The Morgan fingerprint density at radius 1 is 0.973 bits per heavy atom. The highest BCUT2D eigenvalue weighted by Gasteiger charge is 2.43. The molecule has 0 saturated carbocycles. The summed E-state index contributed by atoms with van der Waals surface area (Å²) >= 11 is 0. The molecule has 4 rings (SSSR count). The van der Waals surface area contributed by atoms with Crippen LogP contribution in [0.4, 0.5) is 4.39 Å². The van der Waals surface area contributed by atoms with Gasteiger partial charge in [0.25, 0.3) is 5.91 Å². The highest BCUT2D eigenvalue weighted by molar-refractivity contribution is 6.01. The number of hydrogen-bond acceptors (Lipinski definition) is 5. The molecule has 0 saturated heterocycles. The third-order valence-corrected chi connectivity index (χ3v) is 6.63. The molecule has 0 aromatic heterocycles. The molecular formula is C29H31FN2O5. The van der Waals surface area contributed by atoms with Gasteiger partial charge in [0.2, 0.25) is 5.91 Å². The molecule has 194 valence electrons. The molecule has 7 nitrogen and oxygen atoms in total. The predicted octanol–water partition coefficient (Wildman–Crippen LogP) is 4.13. The molecule has 0 bridgehead atoms. The van der Waals surface area contributed by atoms with Gasteiger partial charge in [-0.1, -0.05) is 36.4 Å². The minimum atomic E-state index is -0.679. The molecule has 0 aliphatic carbocycles. The number of halogens is 1. The van der Waals surface area contributed by atoms with Crippen LogP contribution >= 0.6 is 0 Å². The van der Waals surface area contributed by atoms with E-state index >= 15 is 0 Å². The first-order valence-electron chi connectivity index (χ1n) is 12.1. The van der Waals surface area contributed by atoms with Gasteiger partial charge in [0.1, 0.15) is 5.82 Å². The average molecular weight is 507 g/mol. The Morgan fingerprint density at radius 3 is 2.41 bits per heavy atom. The topological polar surface area (TPSA) is 77.1 Å². The first-order valence-corrected chi connectivity index (χ1v) is 12.1. The maximum atomic E-state index is 13.8. The maximum absolute atomic E-state index is 13.8. The molecule has 1 heterocycles. The van der Waals surface area contributed by atoms with Crippen LogP contribution in [-0.4, -0.2) is 57.7 Å². The van der Waals surface area contributed by atoms with Gasteiger partial charge >= 0.3 is 0 Å². The van der Waals surface area contributed by atoms with Crippen molar-refractivity contribution in [2.75, 3.05) is 41.0 Å². The zero-order valence-corrected chi connectivity index (χ0v) is 21.2. The summed E-state index contributed by atoms with van der Waals surface area (Å²) in [7, 11) is 4.72. The lowest BCUT2D eigenvalue weighted by molar-refractivity contribution is -0.124. The van der Waals surface area contributed by atoms with Crippen molar-refractivity contribution >= 4 is 11.8 Å². The average Bonchev–Trinajstić information content (AvgIpc) is 2.92. The Labute approximate surface area is 216 Å². The number of rotatable bonds is 10. The highest BCUT2D eigenvalue weighted by atomic mass is 19.1. The molecular weight excluding hydrogens is 475 g/mol. The van der Waals surface area contributed by atoms with Gasteiger partial charge in [-0.05, 0) is 53.4 Å². The van der Waals surface area contributed by atoms with Gasteiger partial charge in [0.15, 0.2) is 11.5 Å². The smallest absolute Gasteiger partial charge is 0.254 e. The lowest BCUT2D eigenvalue weighted by Crippen LogP contribution is -2.48. The first kappa shape index (κ1) is 26.2. The number of benzene rings is 3. The fourth-order valence-corrected chi connectivity index (χ4v) is 4.82. The van der Waals surface area contributed by atoms with Gasteiger partial charge in [-0.25, -0.2) is 4.39 Å². The number of ether oxygens (including phenoxy) is 3. The Bertz CT molecular complexity index is 1250. The Hall–Kier alpha value is -3.91. The normalized spacial score (nSPS) is 16.8. The van der Waals surface area contributed by atoms with Crippen LogP contribution in [0.25, 0.3) is 0 Å². The van der Waals surface area contributed by atoms with Gasteiger partial charge in [-0.2, -0.15) is 0 Å². The van der Waals surface area contributed by atoms with Crippen molar-refractivity contribution in [3.8, 4) is 11.5 Å². The lowest BCUT2D eigenvalue weighted by Gasteiger charge is -2.41. The van der Waals surface area contributed by atoms with Crippen LogP contribution in [0.15, 0.2) is 66.7 Å². The van der Waals surface area contributed by atoms with Crippen LogP contribution in [0.3, 0.4) is 0 Å². The van der Waals surface area contributed by atoms with E-state index in [-0.39, 0.29) is 17.6 Å². The summed E-state index contributed by atoms with van der Waals surface area (Å²) < 4.78 is 29.7. The Balaban J connectivity index is 1.63. The van der Waals surface area contributed by atoms with Crippen LogP contribution in [0.1, 0.15) is 39.0 Å². The number of nitrogens with zero attached hydrogens (tertiary/aromatic N) is 1. The summed E-state index contributed by atoms with van der Waals surface area (Å²) in [5.74, 6) is -0.200. The summed E-state index contributed by atoms with van der Waals surface area (Å²) in [4.78, 5) is 28.9. The summed E-state index contributed by atoms with van der Waals surface area (Å²) in [6, 6.07) is 18.1. The molecule has 3 aromatic carbocycles. The van der Waals surface area contributed by atoms with E-state index in [1.54, 1.807) is 50.5 Å². The third-order valence-electron chi connectivity index (χ3n) is 6.63. The fraction of sp³-hybridized carbons (Fsp3) is 0.310. The second-order valence-corrected chi connectivity index (χ2v) is 8.78. The quantitative estimate of drug-likeness (QED) is 0.448. The van der Waals surface area contributed by atoms with Gasteiger partial charge in [0, 0.05) is 25.8 Å². The van der Waals surface area contributed by atoms with E-state index in [4.69, 9.17) is 14.2 Å². The molecule has 2 amide bonds. The van der Waals surface area contributed by atoms with E-state index in [0.29, 0.717) is 54.3 Å². The molecule has 3 aromatic rings. The number of methoxy groups -OCH3 is 3. The highest BCUT2D eigenvalue weighted by Crippen LogP contribution is 2.42. The summed E-state index contributed by atoms with van der Waals surface area (Å²) in [5.41, 5.74) is 2.80. The molecule has 37 heavy (non-hydrogen) atoms. The molecule has 1 aliphatic heterocycles. The molecule has 0 unspecified atom stereocenters. The van der Waals surface area contributed by atoms with E-state index in [9.17, 15) is 14.0 Å². The van der Waals surface area contributed by atoms with E-state index in [1.807, 2.05) is 30.3 Å². The number of nitrogens with one attached hydrogen (secondary N) is 1. The summed E-state index contributed by atoms with van der Waals surface area (Å²) in [6.07, 6.45) is 0.577. The van der Waals surface area contributed by atoms with Gasteiger partial charge in [0.05, 0.1) is 32.8 Å². The molecule has 1 N–H and O–H groups in total. The van der Waals surface area contributed by atoms with Crippen molar-refractivity contribution in [3.05, 3.63) is 94.8 Å². The van der Waals surface area contributed by atoms with Crippen LogP contribution in [0.2, 0.25) is 0 Å². The van der Waals surface area contributed by atoms with Gasteiger partial charge in [-0.15, -0.1) is 0 Å². The van der Waals surface area contributed by atoms with Crippen LogP contribution in [-0.2, 0) is 16.0 Å². The van der Waals surface area contributed by atoms with Crippen molar-refractivity contribution in [3.63, 3.8) is 0 Å². The SMILES string of the molecule is COCCN1C(=O)c2ccccc2[C@H](C(=O)NCCc2ccc(OC)c(OC)c2)[C@H]1c1ccc(F)cc1. The molecule has 0 fully saturated rings. The van der Waals surface area contributed by atoms with Crippen molar-refractivity contribution in [2.24, 2.45) is 0 Å². The second kappa shape index (κ2) is 11.9. The van der Waals surface area contributed by atoms with E-state index in [2.05, 4.69) is 5.32 Å². The minimum Gasteiger partial charge on any atom is -0.493 e. The second-order valence-electron chi connectivity index (χ2n) is 8.78. The molecule has 1 aliphatic rings. The van der Waals surface area contributed by atoms with Crippen LogP contribution in [0.5, 0.6) is 11.5 Å². The Morgan fingerprint density at radius 2 is 1.70 bits per heavy atom. The third kappa shape index (κ3) is 5.59. The number of carbonyl (C=O) groups excluding carboxylic acids is 2. The largest absolute Gasteiger partial charge is 0.493 e.